The predicted octanol–water partition coefficient (Wildman–Crippen LogP) is 3.53. The third-order valence-corrected chi connectivity index (χ3v) is 7.03. The van der Waals surface area contributed by atoms with E-state index in [-0.39, 0.29) is 0 Å². The van der Waals surface area contributed by atoms with Gasteiger partial charge in [-0.1, -0.05) is 19.8 Å². The zero-order valence-electron chi connectivity index (χ0n) is 18.5. The molecule has 3 saturated heterocycles. The Hall–Kier alpha value is -0.870. The number of hydrogen-bond acceptors (Lipinski definition) is 0. The number of fused-ring (bicyclic) bond motifs is 3. The number of rotatable bonds is 7. The van der Waals surface area contributed by atoms with Gasteiger partial charge in [-0.25, -0.2) is 9.13 Å². The second kappa shape index (κ2) is 9.36. The summed E-state index contributed by atoms with van der Waals surface area (Å²) in [6.07, 6.45) is 11.9. The molecule has 4 nitrogen and oxygen atoms in total. The van der Waals surface area contributed by atoms with Crippen LogP contribution in [0, 0.1) is 0 Å². The lowest BCUT2D eigenvalue weighted by molar-refractivity contribution is -1.09. The minimum Gasteiger partial charge on any atom is -0.310 e. The Morgan fingerprint density at radius 2 is 1.54 bits per heavy atom. The molecular formula is C22H45N4+3. The molecule has 0 atom stereocenters. The number of unbranched alkanes of at least 4 members (excludes halogenated alkanes) is 3. The van der Waals surface area contributed by atoms with Crippen molar-refractivity contribution in [3.63, 3.8) is 0 Å². The topological polar surface area (TPSA) is 8.81 Å². The van der Waals surface area contributed by atoms with Gasteiger partial charge in [0.2, 0.25) is 6.33 Å². The average Bonchev–Trinajstić information content (AvgIpc) is 3.08. The van der Waals surface area contributed by atoms with Crippen molar-refractivity contribution >= 4 is 0 Å². The molecule has 3 fully saturated rings. The van der Waals surface area contributed by atoms with Gasteiger partial charge in [0, 0.05) is 0 Å². The molecule has 0 amide bonds. The Balaban J connectivity index is 0.000000228. The van der Waals surface area contributed by atoms with Gasteiger partial charge in [-0.15, -0.1) is 0 Å². The molecule has 1 aromatic heterocycles. The number of aromatic nitrogens is 2. The summed E-state index contributed by atoms with van der Waals surface area (Å²) in [5.74, 6) is 0. The molecule has 4 heteroatoms. The molecule has 2 bridgehead atoms. The molecule has 3 aliphatic rings. The molecule has 0 unspecified atom stereocenters. The second-order valence-corrected chi connectivity index (χ2v) is 9.40. The third-order valence-electron chi connectivity index (χ3n) is 7.03. The number of imidazole rings is 1. The number of nitrogens with zero attached hydrogens (tertiary/aromatic N) is 4. The van der Waals surface area contributed by atoms with Crippen molar-refractivity contribution in [1.29, 1.82) is 0 Å². The molecule has 1 aromatic rings. The summed E-state index contributed by atoms with van der Waals surface area (Å²) in [6.45, 7) is 21.7. The summed E-state index contributed by atoms with van der Waals surface area (Å²) in [4.78, 5) is 0. The van der Waals surface area contributed by atoms with Crippen LogP contribution in [-0.4, -0.2) is 65.4 Å². The van der Waals surface area contributed by atoms with Crippen LogP contribution < -0.4 is 4.57 Å². The van der Waals surface area contributed by atoms with Gasteiger partial charge in [0.05, 0.1) is 25.7 Å². The Morgan fingerprint density at radius 1 is 0.923 bits per heavy atom. The standard InChI is InChI=1S/C15H32N2.C7H13N2/c1-4-5-6-7-8-16-9-12-17(13-10-16,14-11-16)15(2)3;1-7(2)9-5-4-8(3)6-9/h15H,4-14H2,1-3H3;4-7H,1-3H3/q+2;+1. The maximum absolute atomic E-state index is 2.42. The molecule has 150 valence electrons. The molecule has 0 aromatic carbocycles. The van der Waals surface area contributed by atoms with E-state index in [9.17, 15) is 0 Å². The first-order chi connectivity index (χ1) is 12.3. The smallest absolute Gasteiger partial charge is 0.243 e. The average molecular weight is 366 g/mol. The Morgan fingerprint density at radius 3 is 1.92 bits per heavy atom. The van der Waals surface area contributed by atoms with Gasteiger partial charge in [-0.3, -0.25) is 0 Å². The maximum Gasteiger partial charge on any atom is 0.243 e. The second-order valence-electron chi connectivity index (χ2n) is 9.40. The van der Waals surface area contributed by atoms with Crippen LogP contribution in [-0.2, 0) is 7.05 Å². The van der Waals surface area contributed by atoms with Crippen LogP contribution in [0.5, 0.6) is 0 Å². The van der Waals surface area contributed by atoms with Gasteiger partial charge >= 0.3 is 0 Å². The van der Waals surface area contributed by atoms with Crippen molar-refractivity contribution in [1.82, 2.24) is 4.57 Å². The first-order valence-electron chi connectivity index (χ1n) is 11.1. The molecule has 0 aliphatic carbocycles. The lowest BCUT2D eigenvalue weighted by Crippen LogP contribution is -2.76. The lowest BCUT2D eigenvalue weighted by atomic mass is 10.0. The fraction of sp³-hybridized carbons (Fsp3) is 0.864. The summed E-state index contributed by atoms with van der Waals surface area (Å²) >= 11 is 0. The lowest BCUT2D eigenvalue weighted by Gasteiger charge is -2.57. The molecule has 0 saturated carbocycles. The molecule has 3 aliphatic heterocycles. The Labute approximate surface area is 162 Å². The highest BCUT2D eigenvalue weighted by Crippen LogP contribution is 2.29. The van der Waals surface area contributed by atoms with E-state index in [1.165, 1.54) is 80.5 Å². The van der Waals surface area contributed by atoms with E-state index in [1.54, 1.807) is 0 Å². The summed E-state index contributed by atoms with van der Waals surface area (Å²) in [6, 6.07) is 1.42. The van der Waals surface area contributed by atoms with E-state index in [4.69, 9.17) is 0 Å². The van der Waals surface area contributed by atoms with Crippen molar-refractivity contribution in [3.8, 4) is 0 Å². The number of hydrogen-bond donors (Lipinski definition) is 0. The van der Waals surface area contributed by atoms with Gasteiger partial charge in [0.15, 0.2) is 0 Å². The zero-order chi connectivity index (χ0) is 19.2. The highest BCUT2D eigenvalue weighted by molar-refractivity contribution is 4.69. The van der Waals surface area contributed by atoms with Gasteiger partial charge < -0.3 is 8.97 Å². The van der Waals surface area contributed by atoms with Crippen LogP contribution in [0.4, 0.5) is 0 Å². The minimum absolute atomic E-state index is 0.575. The van der Waals surface area contributed by atoms with E-state index in [0.29, 0.717) is 6.04 Å². The summed E-state index contributed by atoms with van der Waals surface area (Å²) < 4.78 is 7.10. The van der Waals surface area contributed by atoms with Crippen molar-refractivity contribution < 1.29 is 13.5 Å². The van der Waals surface area contributed by atoms with E-state index in [2.05, 4.69) is 51.7 Å². The molecule has 0 spiro atoms. The van der Waals surface area contributed by atoms with Crippen molar-refractivity contribution in [2.45, 2.75) is 72.4 Å². The SMILES string of the molecule is CC(C)n1cc[n+](C)c1.CCCCCC[N+]12CC[N+](C(C)C)(CC1)CC2. The molecule has 4 heterocycles. The fourth-order valence-corrected chi connectivity index (χ4v) is 4.66. The largest absolute Gasteiger partial charge is 0.310 e. The van der Waals surface area contributed by atoms with Crippen molar-refractivity contribution in [3.05, 3.63) is 18.7 Å². The van der Waals surface area contributed by atoms with E-state index in [0.717, 1.165) is 6.04 Å². The zero-order valence-corrected chi connectivity index (χ0v) is 18.5. The fourth-order valence-electron chi connectivity index (χ4n) is 4.66. The minimum atomic E-state index is 0.575. The molecular weight excluding hydrogens is 320 g/mol. The Kier molecular flexibility index (Phi) is 7.72. The Bertz CT molecular complexity index is 507. The van der Waals surface area contributed by atoms with Crippen LogP contribution in [0.1, 0.15) is 66.3 Å². The molecule has 4 rings (SSSR count). The highest BCUT2D eigenvalue weighted by Gasteiger charge is 2.49. The highest BCUT2D eigenvalue weighted by atomic mass is 15.5. The van der Waals surface area contributed by atoms with Gasteiger partial charge in [-0.2, -0.15) is 0 Å². The van der Waals surface area contributed by atoms with E-state index in [1.807, 2.05) is 17.8 Å². The van der Waals surface area contributed by atoms with Gasteiger partial charge in [-0.05, 0) is 40.5 Å². The van der Waals surface area contributed by atoms with Crippen LogP contribution >= 0.6 is 0 Å². The van der Waals surface area contributed by atoms with Gasteiger partial charge in [0.25, 0.3) is 0 Å². The van der Waals surface area contributed by atoms with Crippen LogP contribution in [0.3, 0.4) is 0 Å². The number of aryl methyl sites for hydroxylation is 1. The third kappa shape index (κ3) is 5.32. The summed E-state index contributed by atoms with van der Waals surface area (Å²) in [5, 5.41) is 0. The van der Waals surface area contributed by atoms with E-state index < -0.39 is 0 Å². The molecule has 0 N–H and O–H groups in total. The normalized spacial score (nSPS) is 27.7. The van der Waals surface area contributed by atoms with Crippen LogP contribution in [0.25, 0.3) is 0 Å². The van der Waals surface area contributed by atoms with Crippen molar-refractivity contribution in [2.75, 3.05) is 45.8 Å². The first-order valence-corrected chi connectivity index (χ1v) is 11.1. The number of piperazine rings is 3. The monoisotopic (exact) mass is 365 g/mol. The van der Waals surface area contributed by atoms with E-state index >= 15 is 0 Å². The van der Waals surface area contributed by atoms with Crippen molar-refractivity contribution in [2.24, 2.45) is 7.05 Å². The summed E-state index contributed by atoms with van der Waals surface area (Å²) in [5.41, 5.74) is 0. The first kappa shape index (κ1) is 21.4. The molecule has 26 heavy (non-hydrogen) atoms. The number of quaternary nitrogens is 2. The maximum atomic E-state index is 2.42. The predicted molar refractivity (Wildman–Crippen MR) is 110 cm³/mol. The quantitative estimate of drug-likeness (QED) is 0.397. The summed E-state index contributed by atoms with van der Waals surface area (Å²) in [7, 11) is 2.03. The van der Waals surface area contributed by atoms with Crippen LogP contribution in [0.15, 0.2) is 18.7 Å². The van der Waals surface area contributed by atoms with Crippen LogP contribution in [0.2, 0.25) is 0 Å². The molecule has 0 radical (unpaired) electrons. The van der Waals surface area contributed by atoms with Gasteiger partial charge in [0.1, 0.15) is 51.7 Å².